The van der Waals surface area contributed by atoms with Crippen LogP contribution < -0.4 is 5.32 Å². The van der Waals surface area contributed by atoms with E-state index in [0.29, 0.717) is 32.7 Å². The van der Waals surface area contributed by atoms with Crippen molar-refractivity contribution in [1.82, 2.24) is 29.5 Å². The number of halogens is 2. The summed E-state index contributed by atoms with van der Waals surface area (Å²) in [4.78, 5) is 21.9. The third-order valence-corrected chi connectivity index (χ3v) is 5.46. The molecular formula is C23H17ClFN7O. The first-order valence-electron chi connectivity index (χ1n) is 10.0. The van der Waals surface area contributed by atoms with E-state index in [-0.39, 0.29) is 18.4 Å². The molecular weight excluding hydrogens is 445 g/mol. The number of carbonyl (C=O) groups is 1. The number of carbonyl (C=O) groups excluding carboxylic acids is 1. The number of anilines is 1. The maximum absolute atomic E-state index is 14.1. The minimum absolute atomic E-state index is 0.0811. The van der Waals surface area contributed by atoms with E-state index >= 15 is 0 Å². The van der Waals surface area contributed by atoms with Crippen LogP contribution in [0.3, 0.4) is 0 Å². The predicted molar refractivity (Wildman–Crippen MR) is 122 cm³/mol. The summed E-state index contributed by atoms with van der Waals surface area (Å²) in [6.45, 7) is 0.0811. The van der Waals surface area contributed by atoms with Crippen LogP contribution in [-0.2, 0) is 13.6 Å². The molecule has 1 amide bonds. The molecule has 0 aliphatic heterocycles. The van der Waals surface area contributed by atoms with Crippen LogP contribution in [0.2, 0.25) is 5.02 Å². The molecule has 0 saturated carbocycles. The van der Waals surface area contributed by atoms with Gasteiger partial charge in [0.1, 0.15) is 12.1 Å². The first-order valence-corrected chi connectivity index (χ1v) is 10.4. The molecule has 5 rings (SSSR count). The van der Waals surface area contributed by atoms with E-state index in [9.17, 15) is 9.18 Å². The van der Waals surface area contributed by atoms with Gasteiger partial charge in [-0.2, -0.15) is 5.10 Å². The van der Waals surface area contributed by atoms with E-state index in [1.54, 1.807) is 23.0 Å². The summed E-state index contributed by atoms with van der Waals surface area (Å²) in [6.07, 6.45) is 4.93. The minimum atomic E-state index is -0.435. The molecule has 2 aromatic carbocycles. The number of hydrogen-bond donors (Lipinski definition) is 1. The second-order valence-corrected chi connectivity index (χ2v) is 7.80. The number of hydrogen-bond acceptors (Lipinski definition) is 5. The Hall–Kier alpha value is -4.11. The van der Waals surface area contributed by atoms with Gasteiger partial charge >= 0.3 is 0 Å². The number of benzene rings is 2. The number of pyridine rings is 1. The van der Waals surface area contributed by atoms with Gasteiger partial charge in [-0.15, -0.1) is 5.10 Å². The molecule has 0 aliphatic carbocycles. The van der Waals surface area contributed by atoms with Crippen molar-refractivity contribution in [2.75, 3.05) is 5.32 Å². The van der Waals surface area contributed by atoms with Crippen LogP contribution in [0.4, 0.5) is 10.3 Å². The van der Waals surface area contributed by atoms with Crippen molar-refractivity contribution < 1.29 is 9.18 Å². The Morgan fingerprint density at radius 1 is 1.18 bits per heavy atom. The average Bonchev–Trinajstić information content (AvgIpc) is 3.44. The Labute approximate surface area is 192 Å². The van der Waals surface area contributed by atoms with E-state index in [1.165, 1.54) is 23.1 Å². The normalized spacial score (nSPS) is 11.1. The molecule has 5 aromatic rings. The van der Waals surface area contributed by atoms with E-state index in [1.807, 2.05) is 37.5 Å². The number of para-hydroxylation sites is 1. The summed E-state index contributed by atoms with van der Waals surface area (Å²) in [5, 5.41) is 12.1. The zero-order chi connectivity index (χ0) is 22.9. The lowest BCUT2D eigenvalue weighted by atomic mass is 10.1. The fourth-order valence-corrected chi connectivity index (χ4v) is 3.73. The van der Waals surface area contributed by atoms with Crippen molar-refractivity contribution in [3.05, 3.63) is 89.2 Å². The number of nitrogens with one attached hydrogen (secondary N) is 1. The van der Waals surface area contributed by atoms with Gasteiger partial charge in [-0.25, -0.2) is 19.0 Å². The molecule has 8 nitrogen and oxygen atoms in total. The lowest BCUT2D eigenvalue weighted by molar-refractivity contribution is 0.102. The molecule has 1 N–H and O–H groups in total. The number of rotatable bonds is 5. The smallest absolute Gasteiger partial charge is 0.258 e. The molecule has 0 bridgehead atoms. The lowest BCUT2D eigenvalue weighted by Crippen LogP contribution is -2.14. The van der Waals surface area contributed by atoms with E-state index in [4.69, 9.17) is 11.6 Å². The first kappa shape index (κ1) is 20.8. The van der Waals surface area contributed by atoms with Crippen LogP contribution in [0.25, 0.3) is 22.2 Å². The van der Waals surface area contributed by atoms with Crippen molar-refractivity contribution in [2.24, 2.45) is 7.05 Å². The molecule has 0 unspecified atom stereocenters. The van der Waals surface area contributed by atoms with Crippen molar-refractivity contribution >= 4 is 34.4 Å². The highest BCUT2D eigenvalue weighted by atomic mass is 35.5. The van der Waals surface area contributed by atoms with E-state index in [0.717, 1.165) is 5.56 Å². The Bertz CT molecular complexity index is 1470. The van der Waals surface area contributed by atoms with Crippen LogP contribution in [0.5, 0.6) is 0 Å². The quantitative estimate of drug-likeness (QED) is 0.421. The molecule has 164 valence electrons. The second-order valence-electron chi connectivity index (χ2n) is 7.39. The van der Waals surface area contributed by atoms with Gasteiger partial charge in [0.2, 0.25) is 5.95 Å². The monoisotopic (exact) mass is 461 g/mol. The third kappa shape index (κ3) is 4.18. The summed E-state index contributed by atoms with van der Waals surface area (Å²) in [6, 6.07) is 13.6. The maximum Gasteiger partial charge on any atom is 0.258 e. The number of aromatic nitrogens is 6. The number of nitrogens with zero attached hydrogens (tertiary/aromatic N) is 6. The van der Waals surface area contributed by atoms with Crippen molar-refractivity contribution in [3.63, 3.8) is 0 Å². The topological polar surface area (TPSA) is 90.5 Å². The van der Waals surface area contributed by atoms with Crippen LogP contribution in [-0.4, -0.2) is 35.4 Å². The summed E-state index contributed by atoms with van der Waals surface area (Å²) >= 11 is 6.09. The molecule has 0 spiro atoms. The fourth-order valence-electron chi connectivity index (χ4n) is 3.51. The van der Waals surface area contributed by atoms with Crippen LogP contribution in [0.1, 0.15) is 15.9 Å². The molecule has 10 heteroatoms. The van der Waals surface area contributed by atoms with Gasteiger partial charge < -0.3 is 0 Å². The summed E-state index contributed by atoms with van der Waals surface area (Å²) in [5.41, 5.74) is 2.81. The molecule has 3 heterocycles. The Morgan fingerprint density at radius 3 is 2.82 bits per heavy atom. The predicted octanol–water partition coefficient (Wildman–Crippen LogP) is 4.32. The van der Waals surface area contributed by atoms with Crippen LogP contribution in [0, 0.1) is 5.82 Å². The Morgan fingerprint density at radius 2 is 2.03 bits per heavy atom. The average molecular weight is 462 g/mol. The standard InChI is InChI=1S/C23H17ClFN7O/c1-31-11-14(10-27-31)21-9-16(15-5-2-3-8-20(15)28-21)22(33)29-23-26-13-32(30-23)12-17-18(24)6-4-7-19(17)25/h2-11,13H,12H2,1H3,(H,29,30,33). The summed E-state index contributed by atoms with van der Waals surface area (Å²) in [7, 11) is 1.81. The maximum atomic E-state index is 14.1. The van der Waals surface area contributed by atoms with E-state index in [2.05, 4.69) is 25.5 Å². The molecule has 0 saturated heterocycles. The molecule has 0 fully saturated rings. The van der Waals surface area contributed by atoms with Crippen LogP contribution in [0.15, 0.2) is 67.3 Å². The summed E-state index contributed by atoms with van der Waals surface area (Å²) in [5.74, 6) is -0.730. The summed E-state index contributed by atoms with van der Waals surface area (Å²) < 4.78 is 17.2. The highest BCUT2D eigenvalue weighted by molar-refractivity contribution is 6.31. The molecule has 0 radical (unpaired) electrons. The largest absolute Gasteiger partial charge is 0.289 e. The minimum Gasteiger partial charge on any atom is -0.289 e. The van der Waals surface area contributed by atoms with Gasteiger partial charge in [0.05, 0.1) is 29.5 Å². The third-order valence-electron chi connectivity index (χ3n) is 5.11. The molecule has 0 atom stereocenters. The van der Waals surface area contributed by atoms with Gasteiger partial charge in [-0.1, -0.05) is 35.9 Å². The van der Waals surface area contributed by atoms with Crippen molar-refractivity contribution in [1.29, 1.82) is 0 Å². The fraction of sp³-hybridized carbons (Fsp3) is 0.0870. The number of aryl methyl sites for hydroxylation is 1. The van der Waals surface area contributed by atoms with Crippen molar-refractivity contribution in [3.8, 4) is 11.3 Å². The highest BCUT2D eigenvalue weighted by Gasteiger charge is 2.17. The number of amides is 1. The highest BCUT2D eigenvalue weighted by Crippen LogP contribution is 2.25. The van der Waals surface area contributed by atoms with E-state index < -0.39 is 5.82 Å². The van der Waals surface area contributed by atoms with Gasteiger partial charge in [0, 0.05) is 34.8 Å². The number of fused-ring (bicyclic) bond motifs is 1. The van der Waals surface area contributed by atoms with Gasteiger partial charge in [-0.3, -0.25) is 14.8 Å². The molecule has 0 aliphatic rings. The second kappa shape index (κ2) is 8.44. The molecule has 3 aromatic heterocycles. The van der Waals surface area contributed by atoms with Gasteiger partial charge in [-0.05, 0) is 24.3 Å². The van der Waals surface area contributed by atoms with Crippen LogP contribution >= 0.6 is 11.6 Å². The first-order chi connectivity index (χ1) is 16.0. The van der Waals surface area contributed by atoms with Gasteiger partial charge in [0.15, 0.2) is 0 Å². The Balaban J connectivity index is 1.44. The zero-order valence-corrected chi connectivity index (χ0v) is 18.2. The van der Waals surface area contributed by atoms with Crippen molar-refractivity contribution in [2.45, 2.75) is 6.54 Å². The molecule has 33 heavy (non-hydrogen) atoms. The Kier molecular flexibility index (Phi) is 5.31. The lowest BCUT2D eigenvalue weighted by Gasteiger charge is -2.08. The zero-order valence-electron chi connectivity index (χ0n) is 17.4. The SMILES string of the molecule is Cn1cc(-c2cc(C(=O)Nc3ncn(Cc4c(F)cccc4Cl)n3)c3ccccc3n2)cn1. The van der Waals surface area contributed by atoms with Gasteiger partial charge in [0.25, 0.3) is 5.91 Å².